The molecule has 7 nitrogen and oxygen atoms in total. The molecule has 30 heavy (non-hydrogen) atoms. The first-order chi connectivity index (χ1) is 14.1. The summed E-state index contributed by atoms with van der Waals surface area (Å²) in [6.07, 6.45) is 0. The number of aryl methyl sites for hydroxylation is 2. The van der Waals surface area contributed by atoms with Crippen molar-refractivity contribution in [3.8, 4) is 5.69 Å². The second-order valence-corrected chi connectivity index (χ2v) is 8.59. The van der Waals surface area contributed by atoms with Crippen molar-refractivity contribution in [1.29, 1.82) is 0 Å². The van der Waals surface area contributed by atoms with Gasteiger partial charge in [-0.1, -0.05) is 17.7 Å². The van der Waals surface area contributed by atoms with Crippen molar-refractivity contribution in [3.63, 3.8) is 0 Å². The zero-order valence-corrected chi connectivity index (χ0v) is 17.7. The van der Waals surface area contributed by atoms with E-state index in [1.807, 2.05) is 49.6 Å². The number of carbonyl (C=O) groups excluding carboxylic acids is 2. The topological polar surface area (TPSA) is 108 Å². The Labute approximate surface area is 175 Å². The summed E-state index contributed by atoms with van der Waals surface area (Å²) >= 11 is 0. The number of ether oxygens (including phenoxy) is 1. The molecule has 0 fully saturated rings. The molecule has 0 aliphatic carbocycles. The standard InChI is InChI=1S/C22H22N2O5S/c1-14-4-8-18(9-5-14)24-15(2)12-20(16(24)3)21(25)13-29-22(26)17-6-10-19(11-7-17)30(23,27)28/h4-12H,13H2,1-3H3,(H2,23,27,28). The number of sulfonamides is 1. The van der Waals surface area contributed by atoms with E-state index in [-0.39, 0.29) is 16.2 Å². The third-order valence-electron chi connectivity index (χ3n) is 4.78. The van der Waals surface area contributed by atoms with Gasteiger partial charge >= 0.3 is 5.97 Å². The molecule has 0 radical (unpaired) electrons. The smallest absolute Gasteiger partial charge is 0.338 e. The molecule has 0 aliphatic heterocycles. The average molecular weight is 426 g/mol. The maximum atomic E-state index is 12.7. The molecule has 156 valence electrons. The number of benzene rings is 2. The lowest BCUT2D eigenvalue weighted by atomic mass is 10.1. The number of ketones is 1. The summed E-state index contributed by atoms with van der Waals surface area (Å²) in [6.45, 7) is 5.33. The SMILES string of the molecule is Cc1ccc(-n2c(C)cc(C(=O)COC(=O)c3ccc(S(N)(=O)=O)cc3)c2C)cc1. The van der Waals surface area contributed by atoms with Gasteiger partial charge in [-0.05, 0) is 63.2 Å². The number of primary sulfonamides is 1. The van der Waals surface area contributed by atoms with Crippen LogP contribution in [0.3, 0.4) is 0 Å². The van der Waals surface area contributed by atoms with E-state index in [9.17, 15) is 18.0 Å². The highest BCUT2D eigenvalue weighted by atomic mass is 32.2. The number of aromatic nitrogens is 1. The van der Waals surface area contributed by atoms with Gasteiger partial charge in [0.15, 0.2) is 6.61 Å². The summed E-state index contributed by atoms with van der Waals surface area (Å²) < 4.78 is 29.7. The van der Waals surface area contributed by atoms with E-state index in [0.29, 0.717) is 5.56 Å². The fourth-order valence-corrected chi connectivity index (χ4v) is 3.72. The molecule has 0 atom stereocenters. The fourth-order valence-electron chi connectivity index (χ4n) is 3.21. The van der Waals surface area contributed by atoms with Crippen molar-refractivity contribution < 1.29 is 22.7 Å². The van der Waals surface area contributed by atoms with Gasteiger partial charge < -0.3 is 9.30 Å². The van der Waals surface area contributed by atoms with E-state index < -0.39 is 22.6 Å². The summed E-state index contributed by atoms with van der Waals surface area (Å²) in [6, 6.07) is 14.7. The van der Waals surface area contributed by atoms with Gasteiger partial charge in [0, 0.05) is 22.6 Å². The Hall–Kier alpha value is -3.23. The minimum atomic E-state index is -3.85. The lowest BCUT2D eigenvalue weighted by Gasteiger charge is -2.10. The van der Waals surface area contributed by atoms with Crippen LogP contribution in [0.2, 0.25) is 0 Å². The first-order valence-electron chi connectivity index (χ1n) is 9.17. The van der Waals surface area contributed by atoms with E-state index >= 15 is 0 Å². The molecule has 0 bridgehead atoms. The fraction of sp³-hybridized carbons (Fsp3) is 0.182. The Morgan fingerprint density at radius 2 is 1.57 bits per heavy atom. The molecule has 0 spiro atoms. The van der Waals surface area contributed by atoms with Crippen molar-refractivity contribution in [1.82, 2.24) is 4.57 Å². The van der Waals surface area contributed by atoms with Gasteiger partial charge in [-0.15, -0.1) is 0 Å². The Bertz CT molecular complexity index is 1210. The number of rotatable bonds is 6. The van der Waals surface area contributed by atoms with E-state index in [4.69, 9.17) is 9.88 Å². The number of esters is 1. The van der Waals surface area contributed by atoms with Crippen LogP contribution < -0.4 is 5.14 Å². The molecule has 2 N–H and O–H groups in total. The number of nitrogens with two attached hydrogens (primary N) is 1. The molecule has 0 saturated carbocycles. The Balaban J connectivity index is 1.73. The van der Waals surface area contributed by atoms with Gasteiger partial charge in [-0.2, -0.15) is 0 Å². The maximum absolute atomic E-state index is 12.7. The first-order valence-corrected chi connectivity index (χ1v) is 10.7. The van der Waals surface area contributed by atoms with Crippen LogP contribution in [0.5, 0.6) is 0 Å². The lowest BCUT2D eigenvalue weighted by Crippen LogP contribution is -2.16. The van der Waals surface area contributed by atoms with E-state index in [1.165, 1.54) is 24.3 Å². The van der Waals surface area contributed by atoms with Crippen molar-refractivity contribution in [2.45, 2.75) is 25.7 Å². The molecule has 0 amide bonds. The monoisotopic (exact) mass is 426 g/mol. The molecule has 0 saturated heterocycles. The quantitative estimate of drug-likeness (QED) is 0.481. The highest BCUT2D eigenvalue weighted by Crippen LogP contribution is 2.22. The second-order valence-electron chi connectivity index (χ2n) is 7.02. The zero-order valence-electron chi connectivity index (χ0n) is 16.9. The molecular weight excluding hydrogens is 404 g/mol. The number of nitrogens with zero attached hydrogens (tertiary/aromatic N) is 1. The van der Waals surface area contributed by atoms with Gasteiger partial charge in [-0.3, -0.25) is 4.79 Å². The van der Waals surface area contributed by atoms with Crippen molar-refractivity contribution in [3.05, 3.63) is 82.7 Å². The summed E-state index contributed by atoms with van der Waals surface area (Å²) in [5.74, 6) is -1.05. The lowest BCUT2D eigenvalue weighted by molar-refractivity contribution is 0.0474. The highest BCUT2D eigenvalue weighted by molar-refractivity contribution is 7.89. The van der Waals surface area contributed by atoms with Gasteiger partial charge in [0.05, 0.1) is 10.5 Å². The summed E-state index contributed by atoms with van der Waals surface area (Å²) in [7, 11) is -3.85. The number of carbonyl (C=O) groups is 2. The minimum absolute atomic E-state index is 0.112. The summed E-state index contributed by atoms with van der Waals surface area (Å²) in [4.78, 5) is 24.7. The van der Waals surface area contributed by atoms with Crippen LogP contribution in [0, 0.1) is 20.8 Å². The predicted molar refractivity (Wildman–Crippen MR) is 112 cm³/mol. The Kier molecular flexibility index (Phi) is 5.91. The molecule has 0 unspecified atom stereocenters. The van der Waals surface area contributed by atoms with E-state index in [1.54, 1.807) is 6.07 Å². The molecule has 3 aromatic rings. The molecule has 2 aromatic carbocycles. The molecule has 0 aliphatic rings. The second kappa shape index (κ2) is 8.25. The summed E-state index contributed by atoms with van der Waals surface area (Å²) in [5, 5.41) is 5.03. The van der Waals surface area contributed by atoms with Gasteiger partial charge in [-0.25, -0.2) is 18.4 Å². The van der Waals surface area contributed by atoms with E-state index in [0.717, 1.165) is 22.6 Å². The minimum Gasteiger partial charge on any atom is -0.454 e. The molecule has 1 heterocycles. The number of hydrogen-bond acceptors (Lipinski definition) is 5. The molecule has 8 heteroatoms. The first kappa shape index (κ1) is 21.5. The van der Waals surface area contributed by atoms with Gasteiger partial charge in [0.2, 0.25) is 15.8 Å². The van der Waals surface area contributed by atoms with Crippen LogP contribution >= 0.6 is 0 Å². The zero-order chi connectivity index (χ0) is 22.1. The average Bonchev–Trinajstić information content (AvgIpc) is 3.00. The molecule has 3 rings (SSSR count). The molecule has 1 aromatic heterocycles. The van der Waals surface area contributed by atoms with Gasteiger partial charge in [0.25, 0.3) is 0 Å². The Morgan fingerprint density at radius 1 is 0.967 bits per heavy atom. The normalized spacial score (nSPS) is 11.3. The summed E-state index contributed by atoms with van der Waals surface area (Å²) in [5.41, 5.74) is 4.34. The maximum Gasteiger partial charge on any atom is 0.338 e. The van der Waals surface area contributed by atoms with E-state index in [2.05, 4.69) is 0 Å². The third-order valence-corrected chi connectivity index (χ3v) is 5.71. The number of hydrogen-bond donors (Lipinski definition) is 1. The van der Waals surface area contributed by atoms with Crippen LogP contribution in [0.25, 0.3) is 5.69 Å². The van der Waals surface area contributed by atoms with Crippen LogP contribution in [0.15, 0.2) is 59.5 Å². The molecular formula is C22H22N2O5S. The largest absolute Gasteiger partial charge is 0.454 e. The van der Waals surface area contributed by atoms with Crippen molar-refractivity contribution in [2.24, 2.45) is 5.14 Å². The Morgan fingerprint density at radius 3 is 2.13 bits per heavy atom. The van der Waals surface area contributed by atoms with Crippen molar-refractivity contribution in [2.75, 3.05) is 6.61 Å². The third kappa shape index (κ3) is 4.50. The highest BCUT2D eigenvalue weighted by Gasteiger charge is 2.19. The van der Waals surface area contributed by atoms with Crippen LogP contribution in [-0.4, -0.2) is 31.3 Å². The van der Waals surface area contributed by atoms with Gasteiger partial charge in [0.1, 0.15) is 0 Å². The predicted octanol–water partition coefficient (Wildman–Crippen LogP) is 3.09. The van der Waals surface area contributed by atoms with Crippen LogP contribution in [-0.2, 0) is 14.8 Å². The van der Waals surface area contributed by atoms with Crippen LogP contribution in [0.4, 0.5) is 0 Å². The number of Topliss-reactive ketones (excluding diaryl/α,β-unsaturated/α-hetero) is 1. The van der Waals surface area contributed by atoms with Crippen molar-refractivity contribution >= 4 is 21.8 Å². The van der Waals surface area contributed by atoms with Crippen LogP contribution in [0.1, 0.15) is 37.7 Å².